The number of halogens is 1. The zero-order valence-electron chi connectivity index (χ0n) is 15.3. The Hall–Kier alpha value is -2.71. The van der Waals surface area contributed by atoms with E-state index in [-0.39, 0.29) is 30.2 Å². The Morgan fingerprint density at radius 2 is 2.15 bits per heavy atom. The fourth-order valence-electron chi connectivity index (χ4n) is 3.34. The molecule has 0 aliphatic heterocycles. The minimum Gasteiger partial charge on any atom is -0.394 e. The standard InChI is InChI=1S/C19H22FN3O4/c1-11-6-7-14(13(20)10-11)21-18-16(19(26)22-27-9-8-24)12-4-3-5-15(25)17(12)23(18)2/h6-7,10,21,24H,3-5,8-9H2,1-2H3,(H,22,26). The van der Waals surface area contributed by atoms with Crippen molar-refractivity contribution in [3.05, 3.63) is 46.4 Å². The van der Waals surface area contributed by atoms with Crippen molar-refractivity contribution in [2.75, 3.05) is 18.5 Å². The van der Waals surface area contributed by atoms with Gasteiger partial charge in [0.15, 0.2) is 5.78 Å². The highest BCUT2D eigenvalue weighted by Crippen LogP contribution is 2.34. The van der Waals surface area contributed by atoms with Gasteiger partial charge in [-0.2, -0.15) is 0 Å². The predicted octanol–water partition coefficient (Wildman–Crippen LogP) is 2.39. The van der Waals surface area contributed by atoms with Gasteiger partial charge >= 0.3 is 0 Å². The van der Waals surface area contributed by atoms with Gasteiger partial charge < -0.3 is 15.0 Å². The third-order valence-corrected chi connectivity index (χ3v) is 4.55. The predicted molar refractivity (Wildman–Crippen MR) is 97.6 cm³/mol. The number of anilines is 2. The number of hydroxylamine groups is 1. The number of carbonyl (C=O) groups excluding carboxylic acids is 2. The summed E-state index contributed by atoms with van der Waals surface area (Å²) in [6.45, 7) is 1.48. The average molecular weight is 375 g/mol. The summed E-state index contributed by atoms with van der Waals surface area (Å²) in [5.74, 6) is -0.738. The van der Waals surface area contributed by atoms with Gasteiger partial charge in [-0.25, -0.2) is 9.87 Å². The average Bonchev–Trinajstić information content (AvgIpc) is 2.91. The van der Waals surface area contributed by atoms with Gasteiger partial charge in [0.05, 0.1) is 30.2 Å². The number of aromatic nitrogens is 1. The van der Waals surface area contributed by atoms with Gasteiger partial charge in [0.2, 0.25) is 0 Å². The Balaban J connectivity index is 2.05. The van der Waals surface area contributed by atoms with Gasteiger partial charge in [0.1, 0.15) is 11.6 Å². The van der Waals surface area contributed by atoms with E-state index in [0.29, 0.717) is 36.3 Å². The molecule has 0 saturated carbocycles. The molecule has 1 aromatic heterocycles. The summed E-state index contributed by atoms with van der Waals surface area (Å²) in [7, 11) is 1.67. The van der Waals surface area contributed by atoms with E-state index in [1.54, 1.807) is 30.7 Å². The summed E-state index contributed by atoms with van der Waals surface area (Å²) in [5, 5.41) is 11.8. The lowest BCUT2D eigenvalue weighted by Crippen LogP contribution is -2.27. The Labute approximate surface area is 156 Å². The lowest BCUT2D eigenvalue weighted by molar-refractivity contribution is 0.0168. The minimum atomic E-state index is -0.551. The number of amides is 1. The zero-order valence-corrected chi connectivity index (χ0v) is 15.3. The normalized spacial score (nSPS) is 13.4. The smallest absolute Gasteiger partial charge is 0.278 e. The SMILES string of the molecule is Cc1ccc(Nc2c(C(=O)NOCCO)c3c(n2C)C(=O)CCC3)c(F)c1. The van der Waals surface area contributed by atoms with Gasteiger partial charge in [-0.1, -0.05) is 6.07 Å². The summed E-state index contributed by atoms with van der Waals surface area (Å²) in [6.07, 6.45) is 1.62. The largest absolute Gasteiger partial charge is 0.394 e. The Bertz CT molecular complexity index is 892. The Morgan fingerprint density at radius 1 is 1.37 bits per heavy atom. The Morgan fingerprint density at radius 3 is 2.85 bits per heavy atom. The van der Waals surface area contributed by atoms with E-state index in [9.17, 15) is 14.0 Å². The molecule has 1 aliphatic carbocycles. The fourth-order valence-corrected chi connectivity index (χ4v) is 3.34. The number of aryl methyl sites for hydroxylation is 1. The van der Waals surface area contributed by atoms with Crippen molar-refractivity contribution in [1.29, 1.82) is 0 Å². The molecular weight excluding hydrogens is 353 g/mol. The first-order valence-corrected chi connectivity index (χ1v) is 8.75. The number of fused-ring (bicyclic) bond motifs is 1. The molecule has 0 spiro atoms. The summed E-state index contributed by atoms with van der Waals surface area (Å²) >= 11 is 0. The van der Waals surface area contributed by atoms with Gasteiger partial charge in [-0.3, -0.25) is 14.4 Å². The van der Waals surface area contributed by atoms with Crippen molar-refractivity contribution in [2.45, 2.75) is 26.2 Å². The number of Topliss-reactive ketones (excluding diaryl/α,β-unsaturated/α-hetero) is 1. The van der Waals surface area contributed by atoms with Gasteiger partial charge in [-0.15, -0.1) is 0 Å². The van der Waals surface area contributed by atoms with Crippen LogP contribution in [0.15, 0.2) is 18.2 Å². The van der Waals surface area contributed by atoms with E-state index in [2.05, 4.69) is 10.8 Å². The van der Waals surface area contributed by atoms with Crippen LogP contribution in [0.4, 0.5) is 15.9 Å². The van der Waals surface area contributed by atoms with E-state index < -0.39 is 11.7 Å². The Kier molecular flexibility index (Phi) is 5.57. The molecule has 1 amide bonds. The molecule has 3 rings (SSSR count). The van der Waals surface area contributed by atoms with Crippen LogP contribution >= 0.6 is 0 Å². The lowest BCUT2D eigenvalue weighted by atomic mass is 9.93. The van der Waals surface area contributed by atoms with Crippen LogP contribution in [0.1, 0.15) is 44.8 Å². The first-order chi connectivity index (χ1) is 12.9. The topological polar surface area (TPSA) is 92.6 Å². The maximum atomic E-state index is 14.3. The molecule has 1 aromatic carbocycles. The molecule has 1 aliphatic rings. The first kappa shape index (κ1) is 19.1. The number of nitrogens with zero attached hydrogens (tertiary/aromatic N) is 1. The second kappa shape index (κ2) is 7.89. The van der Waals surface area contributed by atoms with Crippen LogP contribution in [-0.2, 0) is 18.3 Å². The quantitative estimate of drug-likeness (QED) is 0.533. The van der Waals surface area contributed by atoms with Crippen LogP contribution in [0.25, 0.3) is 0 Å². The van der Waals surface area contributed by atoms with Gasteiger partial charge in [-0.05, 0) is 43.0 Å². The van der Waals surface area contributed by atoms with Crippen LogP contribution in [0, 0.1) is 12.7 Å². The molecule has 0 saturated heterocycles. The molecule has 0 atom stereocenters. The van der Waals surface area contributed by atoms with Crippen LogP contribution in [0.5, 0.6) is 0 Å². The molecule has 27 heavy (non-hydrogen) atoms. The first-order valence-electron chi connectivity index (χ1n) is 8.75. The van der Waals surface area contributed by atoms with Gasteiger partial charge in [0.25, 0.3) is 5.91 Å². The molecule has 7 nitrogen and oxygen atoms in total. The van der Waals surface area contributed by atoms with Crippen molar-refractivity contribution < 1.29 is 23.9 Å². The number of nitrogens with one attached hydrogen (secondary N) is 2. The molecule has 0 unspecified atom stereocenters. The number of aliphatic hydroxyl groups is 1. The van der Waals surface area contributed by atoms with Crippen molar-refractivity contribution in [2.24, 2.45) is 7.05 Å². The maximum absolute atomic E-state index is 14.3. The van der Waals surface area contributed by atoms with E-state index in [4.69, 9.17) is 9.94 Å². The third-order valence-electron chi connectivity index (χ3n) is 4.55. The molecular formula is C19H22FN3O4. The number of rotatable bonds is 6. The van der Waals surface area contributed by atoms with E-state index in [1.807, 2.05) is 0 Å². The molecule has 0 fully saturated rings. The summed E-state index contributed by atoms with van der Waals surface area (Å²) in [5.41, 5.74) is 4.56. The highest BCUT2D eigenvalue weighted by Gasteiger charge is 2.32. The number of benzene rings is 1. The second-order valence-corrected chi connectivity index (χ2v) is 6.50. The summed E-state index contributed by atoms with van der Waals surface area (Å²) in [6, 6.07) is 4.73. The highest BCUT2D eigenvalue weighted by atomic mass is 19.1. The number of hydrogen-bond donors (Lipinski definition) is 3. The number of ketones is 1. The number of aliphatic hydroxyl groups excluding tert-OH is 1. The maximum Gasteiger partial charge on any atom is 0.278 e. The monoisotopic (exact) mass is 375 g/mol. The number of hydrogen-bond acceptors (Lipinski definition) is 5. The number of carbonyl (C=O) groups is 2. The third kappa shape index (κ3) is 3.72. The van der Waals surface area contributed by atoms with Crippen LogP contribution in [0.2, 0.25) is 0 Å². The molecule has 1 heterocycles. The molecule has 144 valence electrons. The fraction of sp³-hybridized carbons (Fsp3) is 0.368. The van der Waals surface area contributed by atoms with Crippen molar-refractivity contribution >= 4 is 23.2 Å². The highest BCUT2D eigenvalue weighted by molar-refractivity contribution is 6.07. The molecule has 2 aromatic rings. The van der Waals surface area contributed by atoms with E-state index in [0.717, 1.165) is 5.56 Å². The van der Waals surface area contributed by atoms with Crippen molar-refractivity contribution in [3.8, 4) is 0 Å². The van der Waals surface area contributed by atoms with Crippen molar-refractivity contribution in [1.82, 2.24) is 10.0 Å². The second-order valence-electron chi connectivity index (χ2n) is 6.50. The van der Waals surface area contributed by atoms with Gasteiger partial charge in [0, 0.05) is 13.5 Å². The molecule has 8 heteroatoms. The van der Waals surface area contributed by atoms with Crippen molar-refractivity contribution in [3.63, 3.8) is 0 Å². The summed E-state index contributed by atoms with van der Waals surface area (Å²) < 4.78 is 15.9. The van der Waals surface area contributed by atoms with E-state index in [1.165, 1.54) is 6.07 Å². The molecule has 3 N–H and O–H groups in total. The minimum absolute atomic E-state index is 0.0542. The van der Waals surface area contributed by atoms with Crippen LogP contribution < -0.4 is 10.8 Å². The summed E-state index contributed by atoms with van der Waals surface area (Å²) in [4.78, 5) is 30.0. The van der Waals surface area contributed by atoms with Crippen LogP contribution in [0.3, 0.4) is 0 Å². The molecule has 0 bridgehead atoms. The lowest BCUT2D eigenvalue weighted by Gasteiger charge is -2.13. The van der Waals surface area contributed by atoms with E-state index >= 15 is 0 Å². The molecule has 0 radical (unpaired) electrons. The zero-order chi connectivity index (χ0) is 19.6. The van der Waals surface area contributed by atoms with Crippen LogP contribution in [-0.4, -0.2) is 34.6 Å².